The number of aromatic nitrogens is 2. The number of benzene rings is 1. The molecule has 2 amide bonds. The number of nitrogens with zero attached hydrogens (tertiary/aromatic N) is 5. The van der Waals surface area contributed by atoms with Crippen molar-refractivity contribution in [3.8, 4) is 0 Å². The van der Waals surface area contributed by atoms with Gasteiger partial charge in [0.05, 0.1) is 11.9 Å². The maximum atomic E-state index is 13.5. The van der Waals surface area contributed by atoms with Crippen molar-refractivity contribution in [3.63, 3.8) is 0 Å². The fraction of sp³-hybridized carbons (Fsp3) is 0.500. The molecule has 2 saturated heterocycles. The lowest BCUT2D eigenvalue weighted by molar-refractivity contribution is -0.160. The molecule has 0 saturated carbocycles. The van der Waals surface area contributed by atoms with E-state index in [0.717, 1.165) is 30.8 Å². The molecule has 2 aromatic rings. The Morgan fingerprint density at radius 3 is 2.57 bits per heavy atom. The first kappa shape index (κ1) is 20.7. The van der Waals surface area contributed by atoms with Crippen molar-refractivity contribution in [2.24, 2.45) is 13.0 Å². The largest absolute Gasteiger partial charge is 0.369 e. The minimum atomic E-state index is -0.453. The zero-order valence-electron chi connectivity index (χ0n) is 17.7. The Morgan fingerprint density at radius 1 is 1.20 bits per heavy atom. The van der Waals surface area contributed by atoms with Crippen molar-refractivity contribution in [2.45, 2.75) is 38.9 Å². The van der Waals surface area contributed by atoms with Gasteiger partial charge in [-0.3, -0.25) is 14.3 Å². The molecule has 2 aliphatic heterocycles. The molecule has 1 aromatic heterocycles. The zero-order chi connectivity index (χ0) is 21.4. The summed E-state index contributed by atoms with van der Waals surface area (Å²) in [5.74, 6) is 0.134. The van der Waals surface area contributed by atoms with Crippen LogP contribution in [0.15, 0.2) is 36.7 Å². The zero-order valence-corrected chi connectivity index (χ0v) is 18.4. The molecule has 30 heavy (non-hydrogen) atoms. The molecule has 0 bridgehead atoms. The van der Waals surface area contributed by atoms with E-state index in [2.05, 4.69) is 10.00 Å². The Kier molecular flexibility index (Phi) is 5.73. The summed E-state index contributed by atoms with van der Waals surface area (Å²) in [7, 11) is 1.90. The highest BCUT2D eigenvalue weighted by Gasteiger charge is 2.46. The van der Waals surface area contributed by atoms with E-state index in [0.29, 0.717) is 11.6 Å². The summed E-state index contributed by atoms with van der Waals surface area (Å²) in [5.41, 5.74) is 2.03. The molecule has 0 aliphatic carbocycles. The van der Waals surface area contributed by atoms with E-state index < -0.39 is 6.04 Å². The van der Waals surface area contributed by atoms with Crippen LogP contribution in [0.5, 0.6) is 0 Å². The number of carbonyl (C=O) groups is 2. The SMILES string of the molecule is CC(C)N1CC(=O)N(Cc2ccc(Cl)cc2)C([C@H]2CCN(c3cnn(C)c3)C2)C1=O. The van der Waals surface area contributed by atoms with Crippen LogP contribution in [0, 0.1) is 5.92 Å². The molecule has 0 spiro atoms. The number of halogens is 1. The average molecular weight is 430 g/mol. The number of hydrogen-bond acceptors (Lipinski definition) is 4. The Balaban J connectivity index is 1.59. The number of aryl methyl sites for hydroxylation is 1. The van der Waals surface area contributed by atoms with Gasteiger partial charge in [0.1, 0.15) is 12.6 Å². The van der Waals surface area contributed by atoms with Crippen LogP contribution in [0.4, 0.5) is 5.69 Å². The molecule has 1 unspecified atom stereocenters. The van der Waals surface area contributed by atoms with Gasteiger partial charge in [-0.1, -0.05) is 23.7 Å². The molecule has 2 aliphatic rings. The molecular weight excluding hydrogens is 402 g/mol. The normalized spacial score (nSPS) is 22.5. The third kappa shape index (κ3) is 4.03. The van der Waals surface area contributed by atoms with E-state index >= 15 is 0 Å². The van der Waals surface area contributed by atoms with E-state index in [-0.39, 0.29) is 30.3 Å². The van der Waals surface area contributed by atoms with Crippen LogP contribution in [-0.4, -0.2) is 63.1 Å². The summed E-state index contributed by atoms with van der Waals surface area (Å²) in [4.78, 5) is 32.4. The maximum Gasteiger partial charge on any atom is 0.246 e. The van der Waals surface area contributed by atoms with E-state index in [1.807, 2.05) is 57.6 Å². The van der Waals surface area contributed by atoms with E-state index in [1.54, 1.807) is 14.5 Å². The van der Waals surface area contributed by atoms with Crippen molar-refractivity contribution in [1.82, 2.24) is 19.6 Å². The smallest absolute Gasteiger partial charge is 0.246 e. The first-order valence-corrected chi connectivity index (χ1v) is 10.8. The van der Waals surface area contributed by atoms with Gasteiger partial charge in [0, 0.05) is 49.9 Å². The lowest BCUT2D eigenvalue weighted by atomic mass is 9.92. The third-order valence-corrected chi connectivity index (χ3v) is 6.37. The van der Waals surface area contributed by atoms with E-state index in [4.69, 9.17) is 11.6 Å². The fourth-order valence-electron chi connectivity index (χ4n) is 4.49. The Morgan fingerprint density at radius 2 is 1.93 bits per heavy atom. The quantitative estimate of drug-likeness (QED) is 0.732. The van der Waals surface area contributed by atoms with Crippen LogP contribution in [-0.2, 0) is 23.2 Å². The lowest BCUT2D eigenvalue weighted by Gasteiger charge is -2.44. The van der Waals surface area contributed by atoms with Crippen LogP contribution in [0.2, 0.25) is 5.02 Å². The summed E-state index contributed by atoms with van der Waals surface area (Å²) >= 11 is 6.01. The number of hydrogen-bond donors (Lipinski definition) is 0. The second-order valence-corrected chi connectivity index (χ2v) is 8.96. The number of anilines is 1. The Hall–Kier alpha value is -2.54. The van der Waals surface area contributed by atoms with Crippen LogP contribution in [0.3, 0.4) is 0 Å². The second kappa shape index (κ2) is 8.30. The molecule has 160 valence electrons. The highest BCUT2D eigenvalue weighted by atomic mass is 35.5. The number of carbonyl (C=O) groups excluding carboxylic acids is 2. The molecule has 8 heteroatoms. The molecule has 2 fully saturated rings. The average Bonchev–Trinajstić information content (AvgIpc) is 3.35. The number of piperazine rings is 1. The van der Waals surface area contributed by atoms with Crippen LogP contribution in [0.25, 0.3) is 0 Å². The Bertz CT molecular complexity index is 926. The molecule has 3 heterocycles. The molecule has 0 N–H and O–H groups in total. The minimum absolute atomic E-state index is 0.00235. The van der Waals surface area contributed by atoms with Crippen molar-refractivity contribution in [2.75, 3.05) is 24.5 Å². The van der Waals surface area contributed by atoms with Gasteiger partial charge in [0.25, 0.3) is 0 Å². The summed E-state index contributed by atoms with van der Waals surface area (Å²) in [6.45, 7) is 6.08. The third-order valence-electron chi connectivity index (χ3n) is 6.11. The first-order chi connectivity index (χ1) is 14.3. The summed E-state index contributed by atoms with van der Waals surface area (Å²) in [5, 5.41) is 4.92. The predicted molar refractivity (Wildman–Crippen MR) is 116 cm³/mol. The van der Waals surface area contributed by atoms with Gasteiger partial charge in [-0.15, -0.1) is 0 Å². The number of rotatable bonds is 5. The van der Waals surface area contributed by atoms with Gasteiger partial charge >= 0.3 is 0 Å². The molecule has 7 nitrogen and oxygen atoms in total. The molecule has 4 rings (SSSR count). The topological polar surface area (TPSA) is 61.7 Å². The molecule has 2 atom stereocenters. The highest BCUT2D eigenvalue weighted by molar-refractivity contribution is 6.30. The maximum absolute atomic E-state index is 13.5. The van der Waals surface area contributed by atoms with Gasteiger partial charge in [0.2, 0.25) is 11.8 Å². The van der Waals surface area contributed by atoms with Crippen molar-refractivity contribution >= 4 is 29.1 Å². The van der Waals surface area contributed by atoms with Gasteiger partial charge in [-0.25, -0.2) is 0 Å². The monoisotopic (exact) mass is 429 g/mol. The summed E-state index contributed by atoms with van der Waals surface area (Å²) < 4.78 is 1.78. The molecule has 1 aromatic carbocycles. The van der Waals surface area contributed by atoms with Gasteiger partial charge < -0.3 is 14.7 Å². The summed E-state index contributed by atoms with van der Waals surface area (Å²) in [6, 6.07) is 7.03. The van der Waals surface area contributed by atoms with Crippen LogP contribution in [0.1, 0.15) is 25.8 Å². The fourth-order valence-corrected chi connectivity index (χ4v) is 4.62. The molecule has 0 radical (unpaired) electrons. The van der Waals surface area contributed by atoms with Crippen LogP contribution >= 0.6 is 11.6 Å². The highest BCUT2D eigenvalue weighted by Crippen LogP contribution is 2.32. The molecular formula is C22H28ClN5O2. The second-order valence-electron chi connectivity index (χ2n) is 8.52. The van der Waals surface area contributed by atoms with E-state index in [1.165, 1.54) is 0 Å². The standard InChI is InChI=1S/C22H28ClN5O2/c1-15(2)27-14-20(29)28(11-16-4-6-18(23)7-5-16)21(22(27)30)17-8-9-26(12-17)19-10-24-25(3)13-19/h4-7,10,13,15,17,21H,8-9,11-12,14H2,1-3H3/t17-,21?/m0/s1. The van der Waals surface area contributed by atoms with Crippen LogP contribution < -0.4 is 4.90 Å². The lowest BCUT2D eigenvalue weighted by Crippen LogP contribution is -2.63. The van der Waals surface area contributed by atoms with Crippen molar-refractivity contribution in [1.29, 1.82) is 0 Å². The van der Waals surface area contributed by atoms with Crippen molar-refractivity contribution < 1.29 is 9.59 Å². The first-order valence-electron chi connectivity index (χ1n) is 10.4. The van der Waals surface area contributed by atoms with Crippen molar-refractivity contribution in [3.05, 3.63) is 47.2 Å². The summed E-state index contributed by atoms with van der Waals surface area (Å²) in [6.07, 6.45) is 4.70. The number of amides is 2. The minimum Gasteiger partial charge on any atom is -0.369 e. The van der Waals surface area contributed by atoms with E-state index in [9.17, 15) is 9.59 Å². The van der Waals surface area contributed by atoms with Gasteiger partial charge in [-0.2, -0.15) is 5.10 Å². The predicted octanol–water partition coefficient (Wildman–Crippen LogP) is 2.55. The van der Waals surface area contributed by atoms with Gasteiger partial charge in [0.15, 0.2) is 0 Å². The Labute approximate surface area is 182 Å². The van der Waals surface area contributed by atoms with Gasteiger partial charge in [-0.05, 0) is 38.0 Å².